The molecule has 2 aliphatic rings. The summed E-state index contributed by atoms with van der Waals surface area (Å²) in [6, 6.07) is -0.345. The maximum absolute atomic E-state index is 11.4. The third-order valence-electron chi connectivity index (χ3n) is 9.67. The molecule has 0 bridgehead atoms. The van der Waals surface area contributed by atoms with Crippen molar-refractivity contribution in [2.75, 3.05) is 0 Å². The van der Waals surface area contributed by atoms with E-state index in [1.165, 1.54) is 60.8 Å². The first-order valence-electron chi connectivity index (χ1n) is 17.0. The molecule has 1 fully saturated rings. The van der Waals surface area contributed by atoms with Crippen LogP contribution in [0, 0.1) is 45.3 Å². The lowest BCUT2D eigenvalue weighted by molar-refractivity contribution is 0.290. The van der Waals surface area contributed by atoms with Gasteiger partial charge in [-0.25, -0.2) is 0 Å². The fourth-order valence-electron chi connectivity index (χ4n) is 6.68. The quantitative estimate of drug-likeness (QED) is 0.133. The first-order chi connectivity index (χ1) is 20.7. The number of hydrogen-bond donors (Lipinski definition) is 0. The van der Waals surface area contributed by atoms with Gasteiger partial charge in [0.25, 0.3) is 0 Å². The number of allylic oxidation sites excluding steroid dienone is 16. The van der Waals surface area contributed by atoms with Crippen molar-refractivity contribution >= 4 is 0 Å². The molecule has 0 radical (unpaired) electrons. The molecule has 0 aliphatic heterocycles. The van der Waals surface area contributed by atoms with Gasteiger partial charge in [-0.05, 0) is 107 Å². The first kappa shape index (κ1) is 37.3. The van der Waals surface area contributed by atoms with Gasteiger partial charge in [-0.3, -0.25) is 0 Å². The Morgan fingerprint density at radius 2 is 1.64 bits per heavy atom. The summed E-state index contributed by atoms with van der Waals surface area (Å²) < 4.78 is 0. The molecule has 0 aromatic rings. The van der Waals surface area contributed by atoms with Crippen molar-refractivity contribution in [3.8, 4) is 11.8 Å². The molecule has 0 spiro atoms. The summed E-state index contributed by atoms with van der Waals surface area (Å²) in [6.07, 6.45) is 30.4. The van der Waals surface area contributed by atoms with E-state index in [1.807, 2.05) is 13.8 Å². The van der Waals surface area contributed by atoms with Crippen molar-refractivity contribution in [1.82, 2.24) is 0 Å². The van der Waals surface area contributed by atoms with Crippen LogP contribution in [0.25, 0.3) is 0 Å². The highest BCUT2D eigenvalue weighted by Gasteiger charge is 2.30. The maximum atomic E-state index is 11.4. The van der Waals surface area contributed by atoms with Gasteiger partial charge >= 0.3 is 0 Å². The first-order valence-corrected chi connectivity index (χ1v) is 17.0. The minimum absolute atomic E-state index is 0.0815. The second-order valence-corrected chi connectivity index (χ2v) is 14.9. The molecule has 0 amide bonds. The third-order valence-corrected chi connectivity index (χ3v) is 9.67. The Labute approximate surface area is 271 Å². The monoisotopic (exact) mass is 595 g/mol. The highest BCUT2D eigenvalue weighted by Crippen LogP contribution is 2.43. The Morgan fingerprint density at radius 3 is 2.30 bits per heavy atom. The second-order valence-electron chi connectivity index (χ2n) is 14.9. The lowest BCUT2D eigenvalue weighted by Gasteiger charge is -2.37. The van der Waals surface area contributed by atoms with Crippen molar-refractivity contribution in [2.24, 2.45) is 33.8 Å². The molecule has 0 aromatic carbocycles. The number of rotatable bonds is 11. The SMILES string of the molecule is CC1=C(/C=C/C(C)=C/C=C/C(C)CC(C#C/C(C)=C/C=C/C(C)=C/C=C2C(C)CCCC2(C)C)C(C)N=O)C(C)(C)CCC1. The van der Waals surface area contributed by atoms with E-state index in [0.717, 1.165) is 12.0 Å². The Hall–Kier alpha value is -2.92. The average molecular weight is 596 g/mol. The smallest absolute Gasteiger partial charge is 0.103 e. The molecule has 0 aromatic heterocycles. The second kappa shape index (κ2) is 17.5. The van der Waals surface area contributed by atoms with E-state index in [1.54, 1.807) is 5.57 Å². The van der Waals surface area contributed by atoms with Gasteiger partial charge in [0.2, 0.25) is 0 Å². The Bertz CT molecular complexity index is 1290. The van der Waals surface area contributed by atoms with Crippen molar-refractivity contribution in [3.63, 3.8) is 0 Å². The summed E-state index contributed by atoms with van der Waals surface area (Å²) in [5, 5.41) is 3.33. The Kier molecular flexibility index (Phi) is 14.9. The molecule has 2 aliphatic carbocycles. The van der Waals surface area contributed by atoms with Gasteiger partial charge in [-0.15, -0.1) is 0 Å². The van der Waals surface area contributed by atoms with Crippen LogP contribution in [0.4, 0.5) is 0 Å². The van der Waals surface area contributed by atoms with Crippen LogP contribution >= 0.6 is 0 Å². The molecule has 0 N–H and O–H groups in total. The zero-order chi connectivity index (χ0) is 32.9. The lowest BCUT2D eigenvalue weighted by atomic mass is 9.68. The predicted molar refractivity (Wildman–Crippen MR) is 194 cm³/mol. The molecule has 1 saturated carbocycles. The van der Waals surface area contributed by atoms with Crippen LogP contribution in [0.5, 0.6) is 0 Å². The molecule has 2 heteroatoms. The topological polar surface area (TPSA) is 29.4 Å². The summed E-state index contributed by atoms with van der Waals surface area (Å²) >= 11 is 0. The van der Waals surface area contributed by atoms with Gasteiger partial charge in [0.1, 0.15) is 6.04 Å². The fourth-order valence-corrected chi connectivity index (χ4v) is 6.68. The zero-order valence-electron chi connectivity index (χ0n) is 29.9. The summed E-state index contributed by atoms with van der Waals surface area (Å²) in [7, 11) is 0. The van der Waals surface area contributed by atoms with Crippen LogP contribution in [0.3, 0.4) is 0 Å². The summed E-state index contributed by atoms with van der Waals surface area (Å²) in [4.78, 5) is 11.4. The predicted octanol–water partition coefficient (Wildman–Crippen LogP) is 12.6. The van der Waals surface area contributed by atoms with Gasteiger partial charge < -0.3 is 0 Å². The van der Waals surface area contributed by atoms with Crippen LogP contribution in [0.2, 0.25) is 0 Å². The van der Waals surface area contributed by atoms with E-state index in [2.05, 4.69) is 140 Å². The van der Waals surface area contributed by atoms with E-state index in [-0.39, 0.29) is 28.7 Å². The number of hydrogen-bond acceptors (Lipinski definition) is 2. The normalized spacial score (nSPS) is 24.6. The standard InChI is InChI=1S/C42H61NO/c1-31(16-12-17-32(2)23-26-39-35(5)20-14-28-41(39,8)9)22-25-38(37(7)43-44)30-34(4)19-13-18-33(3)24-27-40-36(6)21-15-29-42(40,10)11/h12-13,16-19,23-24,26-27,34-35,37-38H,14-15,20-21,28-30H2,1-11H3/b17-12+,19-13+,27-24+,31-16+,32-23+,33-18+,39-26?. The Morgan fingerprint density at radius 1 is 0.955 bits per heavy atom. The fraction of sp³-hybridized carbons (Fsp3) is 0.571. The molecule has 4 atom stereocenters. The van der Waals surface area contributed by atoms with Crippen LogP contribution in [0.1, 0.15) is 121 Å². The number of nitroso groups, excluding NO2 is 1. The van der Waals surface area contributed by atoms with Crippen molar-refractivity contribution < 1.29 is 0 Å². The van der Waals surface area contributed by atoms with Crippen LogP contribution in [-0.4, -0.2) is 6.04 Å². The number of nitrogens with zero attached hydrogens (tertiary/aromatic N) is 1. The zero-order valence-corrected chi connectivity index (χ0v) is 29.9. The van der Waals surface area contributed by atoms with E-state index in [4.69, 9.17) is 0 Å². The van der Waals surface area contributed by atoms with Crippen molar-refractivity contribution in [1.29, 1.82) is 0 Å². The molecule has 0 saturated heterocycles. The van der Waals surface area contributed by atoms with Gasteiger partial charge in [0, 0.05) is 5.92 Å². The summed E-state index contributed by atoms with van der Waals surface area (Å²) in [5.41, 5.74) is 8.57. The van der Waals surface area contributed by atoms with Crippen molar-refractivity contribution in [2.45, 2.75) is 127 Å². The molecular formula is C42H61NO. The molecule has 2 nitrogen and oxygen atoms in total. The van der Waals surface area contributed by atoms with E-state index in [9.17, 15) is 4.91 Å². The minimum Gasteiger partial charge on any atom is -0.150 e. The maximum Gasteiger partial charge on any atom is 0.103 e. The van der Waals surface area contributed by atoms with Gasteiger partial charge in [0.05, 0.1) is 0 Å². The molecule has 44 heavy (non-hydrogen) atoms. The van der Waals surface area contributed by atoms with Gasteiger partial charge in [-0.2, -0.15) is 4.91 Å². The summed E-state index contributed by atoms with van der Waals surface area (Å²) in [5.74, 6) is 7.51. The van der Waals surface area contributed by atoms with E-state index < -0.39 is 0 Å². The van der Waals surface area contributed by atoms with Gasteiger partial charge in [-0.1, -0.05) is 148 Å². The van der Waals surface area contributed by atoms with E-state index in [0.29, 0.717) is 5.92 Å². The molecular weight excluding hydrogens is 534 g/mol. The molecule has 2 rings (SSSR count). The van der Waals surface area contributed by atoms with Crippen molar-refractivity contribution in [3.05, 3.63) is 99.1 Å². The summed E-state index contributed by atoms with van der Waals surface area (Å²) in [6.45, 7) is 24.5. The molecule has 240 valence electrons. The van der Waals surface area contributed by atoms with E-state index >= 15 is 0 Å². The third kappa shape index (κ3) is 12.2. The van der Waals surface area contributed by atoms with Crippen LogP contribution in [0.15, 0.2) is 99.4 Å². The highest BCUT2D eigenvalue weighted by molar-refractivity contribution is 5.37. The highest BCUT2D eigenvalue weighted by atomic mass is 16.3. The van der Waals surface area contributed by atoms with Crippen LogP contribution in [-0.2, 0) is 0 Å². The largest absolute Gasteiger partial charge is 0.150 e. The van der Waals surface area contributed by atoms with Gasteiger partial charge in [0.15, 0.2) is 0 Å². The lowest BCUT2D eigenvalue weighted by Crippen LogP contribution is -2.24. The minimum atomic E-state index is -0.345. The Balaban J connectivity index is 2.02. The van der Waals surface area contributed by atoms with Crippen LogP contribution < -0.4 is 0 Å². The average Bonchev–Trinajstić information content (AvgIpc) is 2.93. The molecule has 0 heterocycles. The molecule has 4 unspecified atom stereocenters.